The summed E-state index contributed by atoms with van der Waals surface area (Å²) < 4.78 is 59.2. The van der Waals surface area contributed by atoms with Gasteiger partial charge in [-0.05, 0) is 44.6 Å². The normalized spacial score (nSPS) is 38.9. The summed E-state index contributed by atoms with van der Waals surface area (Å²) >= 11 is 0. The summed E-state index contributed by atoms with van der Waals surface area (Å²) in [4.78, 5) is 6.09. The van der Waals surface area contributed by atoms with Crippen molar-refractivity contribution in [1.82, 2.24) is 14.7 Å². The number of halogens is 4. The minimum Gasteiger partial charge on any atom is -0.386 e. The van der Waals surface area contributed by atoms with E-state index in [0.717, 1.165) is 19.0 Å². The van der Waals surface area contributed by atoms with Crippen molar-refractivity contribution >= 4 is 0 Å². The molecule has 0 aliphatic carbocycles. The van der Waals surface area contributed by atoms with E-state index >= 15 is 0 Å². The highest BCUT2D eigenvalue weighted by atomic mass is 19.4. The number of rotatable bonds is 4. The van der Waals surface area contributed by atoms with Crippen molar-refractivity contribution in [3.05, 3.63) is 35.1 Å². The highest BCUT2D eigenvalue weighted by Crippen LogP contribution is 2.44. The van der Waals surface area contributed by atoms with E-state index in [2.05, 4.69) is 9.80 Å². The molecule has 3 aliphatic rings. The number of likely N-dealkylation sites (tertiary alicyclic amines) is 1. The second-order valence-corrected chi connectivity index (χ2v) is 9.70. The first-order valence-corrected chi connectivity index (χ1v) is 11.3. The Kier molecular flexibility index (Phi) is 6.75. The van der Waals surface area contributed by atoms with E-state index in [1.807, 2.05) is 18.9 Å². The van der Waals surface area contributed by atoms with Gasteiger partial charge in [-0.15, -0.1) is 0 Å². The molecule has 0 spiro atoms. The molecule has 8 atom stereocenters. The van der Waals surface area contributed by atoms with Crippen molar-refractivity contribution in [1.29, 1.82) is 0 Å². The average Bonchev–Trinajstić information content (AvgIpc) is 3.30. The van der Waals surface area contributed by atoms with Crippen LogP contribution < -0.4 is 5.73 Å². The molecule has 192 valence electrons. The number of hydrogen-bond acceptors (Lipinski definition) is 8. The van der Waals surface area contributed by atoms with E-state index in [1.165, 1.54) is 6.92 Å². The molecule has 0 aromatic heterocycles. The van der Waals surface area contributed by atoms with Crippen LogP contribution in [-0.2, 0) is 10.9 Å². The van der Waals surface area contributed by atoms with E-state index in [-0.39, 0.29) is 23.8 Å². The van der Waals surface area contributed by atoms with E-state index in [0.29, 0.717) is 25.3 Å². The fourth-order valence-corrected chi connectivity index (χ4v) is 5.67. The van der Waals surface area contributed by atoms with Crippen molar-refractivity contribution in [2.24, 2.45) is 11.7 Å². The zero-order chi connectivity index (χ0) is 25.2. The van der Waals surface area contributed by atoms with Gasteiger partial charge >= 0.3 is 6.18 Å². The summed E-state index contributed by atoms with van der Waals surface area (Å²) in [5.74, 6) is -1.42. The molecule has 3 unspecified atom stereocenters. The van der Waals surface area contributed by atoms with Crippen LogP contribution in [-0.4, -0.2) is 93.2 Å². The number of aliphatic hydroxyl groups is 3. The lowest BCUT2D eigenvalue weighted by Crippen LogP contribution is -2.65. The molecule has 8 nitrogen and oxygen atoms in total. The number of ether oxygens (including phenoxy) is 1. The first kappa shape index (κ1) is 25.7. The van der Waals surface area contributed by atoms with Crippen LogP contribution in [0.25, 0.3) is 0 Å². The van der Waals surface area contributed by atoms with E-state index in [4.69, 9.17) is 10.5 Å². The molecule has 0 amide bonds. The third-order valence-electron chi connectivity index (χ3n) is 7.55. The number of nitrogens with two attached hydrogens (primary N) is 1. The largest absolute Gasteiger partial charge is 0.419 e. The van der Waals surface area contributed by atoms with E-state index in [9.17, 15) is 32.9 Å². The van der Waals surface area contributed by atoms with Crippen molar-refractivity contribution in [3.8, 4) is 0 Å². The van der Waals surface area contributed by atoms with Gasteiger partial charge in [0.05, 0.1) is 24.6 Å². The molecule has 5 N–H and O–H groups in total. The highest BCUT2D eigenvalue weighted by Gasteiger charge is 2.60. The smallest absolute Gasteiger partial charge is 0.386 e. The van der Waals surface area contributed by atoms with Gasteiger partial charge in [-0.25, -0.2) is 4.39 Å². The molecule has 3 fully saturated rings. The van der Waals surface area contributed by atoms with Crippen LogP contribution in [0.1, 0.15) is 37.5 Å². The third-order valence-corrected chi connectivity index (χ3v) is 7.55. The molecule has 0 saturated carbocycles. The first-order valence-electron chi connectivity index (χ1n) is 11.3. The Morgan fingerprint density at radius 2 is 2.00 bits per heavy atom. The average molecular weight is 493 g/mol. The van der Waals surface area contributed by atoms with Crippen LogP contribution in [0.5, 0.6) is 0 Å². The van der Waals surface area contributed by atoms with Crippen LogP contribution in [0.15, 0.2) is 18.2 Å². The summed E-state index contributed by atoms with van der Waals surface area (Å²) in [6, 6.07) is 2.12. The van der Waals surface area contributed by atoms with Gasteiger partial charge in [0, 0.05) is 12.5 Å². The van der Waals surface area contributed by atoms with Crippen LogP contribution in [0, 0.1) is 11.7 Å². The molecule has 12 heteroatoms. The van der Waals surface area contributed by atoms with Crippen LogP contribution >= 0.6 is 0 Å². The zero-order valence-electron chi connectivity index (χ0n) is 19.3. The molecule has 4 rings (SSSR count). The van der Waals surface area contributed by atoms with Crippen LogP contribution in [0.4, 0.5) is 17.6 Å². The molecule has 0 bridgehead atoms. The van der Waals surface area contributed by atoms with Gasteiger partial charge in [-0.2, -0.15) is 13.2 Å². The Labute approximate surface area is 195 Å². The Morgan fingerprint density at radius 3 is 2.62 bits per heavy atom. The van der Waals surface area contributed by atoms with Crippen molar-refractivity contribution in [3.63, 3.8) is 0 Å². The maximum absolute atomic E-state index is 13.7. The number of alkyl halides is 3. The summed E-state index contributed by atoms with van der Waals surface area (Å²) in [5.41, 5.74) is 2.67. The lowest BCUT2D eigenvalue weighted by atomic mass is 9.87. The molecular weight excluding hydrogens is 460 g/mol. The quantitative estimate of drug-likeness (QED) is 0.459. The second kappa shape index (κ2) is 8.93. The summed E-state index contributed by atoms with van der Waals surface area (Å²) in [6.45, 7) is 5.17. The monoisotopic (exact) mass is 492 g/mol. The SMILES string of the molecule is CCN1CN(C)C2C(CCN2[C@@H]2O[C@H]([C@H](O)c3ccc(F)c(C(F)(F)F)c3)[C@@](C)(O)[C@H]2O)C1N. The molecule has 34 heavy (non-hydrogen) atoms. The molecule has 1 aromatic carbocycles. The second-order valence-electron chi connectivity index (χ2n) is 9.70. The maximum atomic E-state index is 13.7. The lowest BCUT2D eigenvalue weighted by Gasteiger charge is -2.49. The van der Waals surface area contributed by atoms with Gasteiger partial charge < -0.3 is 25.8 Å². The minimum absolute atomic E-state index is 0.0508. The van der Waals surface area contributed by atoms with E-state index < -0.39 is 47.7 Å². The van der Waals surface area contributed by atoms with Crippen molar-refractivity contribution in [2.45, 2.75) is 68.9 Å². The predicted molar refractivity (Wildman–Crippen MR) is 113 cm³/mol. The zero-order valence-corrected chi connectivity index (χ0v) is 19.3. The lowest BCUT2D eigenvalue weighted by molar-refractivity contribution is -0.159. The Morgan fingerprint density at radius 1 is 1.32 bits per heavy atom. The number of fused-ring (bicyclic) bond motifs is 1. The number of aliphatic hydroxyl groups excluding tert-OH is 2. The van der Waals surface area contributed by atoms with E-state index in [1.54, 1.807) is 0 Å². The Hall–Kier alpha value is -1.38. The summed E-state index contributed by atoms with van der Waals surface area (Å²) in [6.07, 6.45) is -10.3. The minimum atomic E-state index is -4.96. The maximum Gasteiger partial charge on any atom is 0.419 e. The standard InChI is InChI=1S/C22H32F4N4O4/c1-4-29-10-28(3)19-12(18(29)27)7-8-30(19)20-16(32)21(2,33)17(34-20)15(31)11-5-6-14(23)13(9-11)22(24,25)26/h5-6,9,12,15-20,31-33H,4,7-8,10,27H2,1-3H3/t12?,15-,16+,17-,18?,19?,20-,21+/m1/s1. The molecule has 3 saturated heterocycles. The van der Waals surface area contributed by atoms with Gasteiger partial charge in [0.2, 0.25) is 0 Å². The van der Waals surface area contributed by atoms with Gasteiger partial charge in [0.25, 0.3) is 0 Å². The fourth-order valence-electron chi connectivity index (χ4n) is 5.67. The third kappa shape index (κ3) is 4.13. The number of benzene rings is 1. The molecular formula is C22H32F4N4O4. The first-order chi connectivity index (χ1) is 15.8. The summed E-state index contributed by atoms with van der Waals surface area (Å²) in [5, 5.41) is 32.9. The number of hydrogen-bond donors (Lipinski definition) is 4. The fraction of sp³-hybridized carbons (Fsp3) is 0.727. The predicted octanol–water partition coefficient (Wildman–Crippen LogP) is 0.872. The highest BCUT2D eigenvalue weighted by molar-refractivity contribution is 5.30. The van der Waals surface area contributed by atoms with Crippen molar-refractivity contribution < 1.29 is 37.6 Å². The van der Waals surface area contributed by atoms with Gasteiger partial charge in [-0.1, -0.05) is 13.0 Å². The number of nitrogens with zero attached hydrogens (tertiary/aromatic N) is 3. The molecule has 3 aliphatic heterocycles. The van der Waals surface area contributed by atoms with Gasteiger partial charge in [0.1, 0.15) is 36.0 Å². The summed E-state index contributed by atoms with van der Waals surface area (Å²) in [7, 11) is 1.92. The Bertz CT molecular complexity index is 904. The van der Waals surface area contributed by atoms with Gasteiger partial charge in [0.15, 0.2) is 0 Å². The van der Waals surface area contributed by atoms with Crippen LogP contribution in [0.2, 0.25) is 0 Å². The Balaban J connectivity index is 1.59. The molecule has 3 heterocycles. The van der Waals surface area contributed by atoms with Gasteiger partial charge in [-0.3, -0.25) is 14.7 Å². The molecule has 1 aromatic rings. The van der Waals surface area contributed by atoms with Crippen molar-refractivity contribution in [2.75, 3.05) is 26.8 Å². The topological polar surface area (TPSA) is 106 Å². The van der Waals surface area contributed by atoms with Crippen LogP contribution in [0.3, 0.4) is 0 Å². The molecule has 0 radical (unpaired) electrons.